The van der Waals surface area contributed by atoms with Gasteiger partial charge in [0.15, 0.2) is 0 Å². The molecule has 16 heavy (non-hydrogen) atoms. The van der Waals surface area contributed by atoms with Crippen LogP contribution in [0, 0.1) is 0 Å². The second-order valence-corrected chi connectivity index (χ2v) is 4.28. The molecule has 92 valence electrons. The molecule has 0 aromatic rings. The SMILES string of the molecule is C=CCN1CC2(CCNCC2)OCC1=O.Cl. The Bertz CT molecular complexity index is 265. The van der Waals surface area contributed by atoms with Gasteiger partial charge in [-0.25, -0.2) is 0 Å². The molecule has 0 bridgehead atoms. The molecule has 5 heteroatoms. The molecule has 0 radical (unpaired) electrons. The molecular formula is C11H19ClN2O2. The molecule has 2 saturated heterocycles. The first-order chi connectivity index (χ1) is 7.26. The standard InChI is InChI=1S/C11H18N2O2.ClH/c1-2-7-13-9-11(15-8-10(13)14)3-5-12-6-4-11;/h2,12H,1,3-9H2;1H. The van der Waals surface area contributed by atoms with Crippen LogP contribution in [0.4, 0.5) is 0 Å². The van der Waals surface area contributed by atoms with Gasteiger partial charge in [-0.05, 0) is 25.9 Å². The third-order valence-electron chi connectivity index (χ3n) is 3.20. The average Bonchev–Trinajstić information content (AvgIpc) is 2.26. The normalized spacial score (nSPS) is 24.0. The number of amides is 1. The molecule has 0 saturated carbocycles. The van der Waals surface area contributed by atoms with Crippen molar-refractivity contribution in [3.05, 3.63) is 12.7 Å². The fourth-order valence-corrected chi connectivity index (χ4v) is 2.29. The van der Waals surface area contributed by atoms with E-state index in [1.54, 1.807) is 6.08 Å². The summed E-state index contributed by atoms with van der Waals surface area (Å²) in [7, 11) is 0. The second kappa shape index (κ2) is 5.66. The molecule has 2 fully saturated rings. The van der Waals surface area contributed by atoms with Gasteiger partial charge < -0.3 is 15.0 Å². The average molecular weight is 247 g/mol. The van der Waals surface area contributed by atoms with E-state index in [1.165, 1.54) is 0 Å². The van der Waals surface area contributed by atoms with E-state index in [0.29, 0.717) is 6.54 Å². The molecular weight excluding hydrogens is 228 g/mol. The summed E-state index contributed by atoms with van der Waals surface area (Å²) in [5.74, 6) is 0.0825. The number of piperidine rings is 1. The lowest BCUT2D eigenvalue weighted by Crippen LogP contribution is -2.58. The molecule has 0 aliphatic carbocycles. The topological polar surface area (TPSA) is 41.6 Å². The van der Waals surface area contributed by atoms with Gasteiger partial charge in [0, 0.05) is 6.54 Å². The fourth-order valence-electron chi connectivity index (χ4n) is 2.29. The Morgan fingerprint density at radius 2 is 2.19 bits per heavy atom. The highest BCUT2D eigenvalue weighted by atomic mass is 35.5. The Balaban J connectivity index is 0.00000128. The summed E-state index contributed by atoms with van der Waals surface area (Å²) >= 11 is 0. The van der Waals surface area contributed by atoms with Crippen molar-refractivity contribution < 1.29 is 9.53 Å². The first-order valence-electron chi connectivity index (χ1n) is 5.49. The molecule has 0 unspecified atom stereocenters. The highest BCUT2D eigenvalue weighted by Gasteiger charge is 2.40. The lowest BCUT2D eigenvalue weighted by Gasteiger charge is -2.44. The van der Waals surface area contributed by atoms with E-state index in [-0.39, 0.29) is 30.5 Å². The van der Waals surface area contributed by atoms with Crippen LogP contribution in [0.15, 0.2) is 12.7 Å². The molecule has 2 heterocycles. The van der Waals surface area contributed by atoms with Crippen LogP contribution in [-0.4, -0.2) is 49.2 Å². The smallest absolute Gasteiger partial charge is 0.248 e. The summed E-state index contributed by atoms with van der Waals surface area (Å²) in [6.07, 6.45) is 3.76. The van der Waals surface area contributed by atoms with Gasteiger partial charge in [-0.15, -0.1) is 19.0 Å². The number of carbonyl (C=O) groups is 1. The minimum absolute atomic E-state index is 0. The van der Waals surface area contributed by atoms with Gasteiger partial charge in [-0.3, -0.25) is 4.79 Å². The second-order valence-electron chi connectivity index (χ2n) is 4.28. The number of ether oxygens (including phenoxy) is 1. The van der Waals surface area contributed by atoms with Gasteiger partial charge in [0.25, 0.3) is 0 Å². The maximum atomic E-state index is 11.5. The van der Waals surface area contributed by atoms with Crippen LogP contribution in [0.25, 0.3) is 0 Å². The molecule has 0 aromatic carbocycles. The summed E-state index contributed by atoms with van der Waals surface area (Å²) in [5.41, 5.74) is -0.0951. The van der Waals surface area contributed by atoms with Crippen LogP contribution in [-0.2, 0) is 9.53 Å². The molecule has 1 N–H and O–H groups in total. The highest BCUT2D eigenvalue weighted by molar-refractivity contribution is 5.85. The van der Waals surface area contributed by atoms with E-state index < -0.39 is 0 Å². The number of carbonyl (C=O) groups excluding carboxylic acids is 1. The van der Waals surface area contributed by atoms with Gasteiger partial charge in [0.1, 0.15) is 6.61 Å². The first-order valence-corrected chi connectivity index (χ1v) is 5.49. The molecule has 1 amide bonds. The van der Waals surface area contributed by atoms with Gasteiger partial charge in [0.05, 0.1) is 12.1 Å². The van der Waals surface area contributed by atoms with Crippen molar-refractivity contribution in [2.75, 3.05) is 32.8 Å². The lowest BCUT2D eigenvalue weighted by molar-refractivity contribution is -0.166. The summed E-state index contributed by atoms with van der Waals surface area (Å²) in [6, 6.07) is 0. The van der Waals surface area contributed by atoms with E-state index in [0.717, 1.165) is 32.5 Å². The predicted molar refractivity (Wildman–Crippen MR) is 64.8 cm³/mol. The summed E-state index contributed by atoms with van der Waals surface area (Å²) in [6.45, 7) is 7.23. The molecule has 1 spiro atoms. The first kappa shape index (κ1) is 13.5. The zero-order valence-electron chi connectivity index (χ0n) is 9.41. The largest absolute Gasteiger partial charge is 0.363 e. The van der Waals surface area contributed by atoms with Crippen molar-refractivity contribution in [2.45, 2.75) is 18.4 Å². The van der Waals surface area contributed by atoms with Gasteiger partial charge in [-0.1, -0.05) is 6.08 Å². The number of hydrogen-bond acceptors (Lipinski definition) is 3. The maximum Gasteiger partial charge on any atom is 0.248 e. The van der Waals surface area contributed by atoms with E-state index >= 15 is 0 Å². The zero-order chi connectivity index (χ0) is 10.7. The fraction of sp³-hybridized carbons (Fsp3) is 0.727. The van der Waals surface area contributed by atoms with E-state index in [1.807, 2.05) is 4.90 Å². The molecule has 2 rings (SSSR count). The zero-order valence-corrected chi connectivity index (χ0v) is 10.2. The van der Waals surface area contributed by atoms with E-state index in [4.69, 9.17) is 4.74 Å². The van der Waals surface area contributed by atoms with Crippen molar-refractivity contribution in [1.82, 2.24) is 10.2 Å². The summed E-state index contributed by atoms with van der Waals surface area (Å²) < 4.78 is 5.73. The van der Waals surface area contributed by atoms with Gasteiger partial charge in [0.2, 0.25) is 5.91 Å². The monoisotopic (exact) mass is 246 g/mol. The van der Waals surface area contributed by atoms with Crippen LogP contribution >= 0.6 is 12.4 Å². The molecule has 0 atom stereocenters. The van der Waals surface area contributed by atoms with Crippen LogP contribution in [0.2, 0.25) is 0 Å². The highest BCUT2D eigenvalue weighted by Crippen LogP contribution is 2.27. The maximum absolute atomic E-state index is 11.5. The van der Waals surface area contributed by atoms with Gasteiger partial charge in [-0.2, -0.15) is 0 Å². The number of nitrogens with one attached hydrogen (secondary N) is 1. The van der Waals surface area contributed by atoms with Crippen molar-refractivity contribution in [3.63, 3.8) is 0 Å². The molecule has 0 aromatic heterocycles. The van der Waals surface area contributed by atoms with Crippen LogP contribution in [0.1, 0.15) is 12.8 Å². The van der Waals surface area contributed by atoms with Crippen LogP contribution in [0.5, 0.6) is 0 Å². The van der Waals surface area contributed by atoms with E-state index in [9.17, 15) is 4.79 Å². The molecule has 2 aliphatic rings. The quantitative estimate of drug-likeness (QED) is 0.725. The van der Waals surface area contributed by atoms with Crippen LogP contribution < -0.4 is 5.32 Å². The van der Waals surface area contributed by atoms with Crippen molar-refractivity contribution >= 4 is 18.3 Å². The third kappa shape index (κ3) is 2.75. The number of hydrogen-bond donors (Lipinski definition) is 1. The van der Waals surface area contributed by atoms with Crippen molar-refractivity contribution in [2.24, 2.45) is 0 Å². The number of halogens is 1. The third-order valence-corrected chi connectivity index (χ3v) is 3.20. The Hall–Kier alpha value is -0.580. The minimum Gasteiger partial charge on any atom is -0.363 e. The number of nitrogens with zero attached hydrogens (tertiary/aromatic N) is 1. The van der Waals surface area contributed by atoms with Crippen LogP contribution in [0.3, 0.4) is 0 Å². The molecule has 2 aliphatic heterocycles. The predicted octanol–water partition coefficient (Wildman–Crippen LogP) is 0.575. The van der Waals surface area contributed by atoms with Gasteiger partial charge >= 0.3 is 0 Å². The van der Waals surface area contributed by atoms with E-state index in [2.05, 4.69) is 11.9 Å². The summed E-state index contributed by atoms with van der Waals surface area (Å²) in [4.78, 5) is 13.4. The van der Waals surface area contributed by atoms with Crippen molar-refractivity contribution in [1.29, 1.82) is 0 Å². The Morgan fingerprint density at radius 1 is 1.50 bits per heavy atom. The number of morpholine rings is 1. The number of rotatable bonds is 2. The van der Waals surface area contributed by atoms with Crippen molar-refractivity contribution in [3.8, 4) is 0 Å². The molecule has 4 nitrogen and oxygen atoms in total. The Morgan fingerprint density at radius 3 is 2.81 bits per heavy atom. The summed E-state index contributed by atoms with van der Waals surface area (Å²) in [5, 5.41) is 3.31. The Labute approximate surface area is 102 Å². The minimum atomic E-state index is -0.0951. The lowest BCUT2D eigenvalue weighted by atomic mass is 9.90. The Kier molecular flexibility index (Phi) is 4.77.